The first-order valence-corrected chi connectivity index (χ1v) is 8.33. The molecule has 0 fully saturated rings. The standard InChI is InChI=1S/C16H17N5O.C2HF3O2/c1-13-6-9-21(19-13)11-8-18-16(22)14-2-4-15(5-3-14)20-10-7-17-12-20;3-2(4,5)1(6)7/h2-7,9-10,12H,8,11H2,1H3,(H,18,22);(H,6,7). The normalized spacial score (nSPS) is 10.8. The Labute approximate surface area is 163 Å². The van der Waals surface area contributed by atoms with Gasteiger partial charge >= 0.3 is 12.1 Å². The number of carbonyl (C=O) groups is 2. The van der Waals surface area contributed by atoms with E-state index in [4.69, 9.17) is 9.90 Å². The Morgan fingerprint density at radius 1 is 1.14 bits per heavy atom. The van der Waals surface area contributed by atoms with Gasteiger partial charge in [0.2, 0.25) is 0 Å². The van der Waals surface area contributed by atoms with Gasteiger partial charge < -0.3 is 15.0 Å². The van der Waals surface area contributed by atoms with Crippen LogP contribution in [-0.4, -0.2) is 49.0 Å². The van der Waals surface area contributed by atoms with Gasteiger partial charge in [-0.15, -0.1) is 0 Å². The maximum atomic E-state index is 12.1. The van der Waals surface area contributed by atoms with E-state index in [1.807, 2.05) is 58.9 Å². The summed E-state index contributed by atoms with van der Waals surface area (Å²) in [5, 5.41) is 14.3. The van der Waals surface area contributed by atoms with Gasteiger partial charge in [0.05, 0.1) is 18.6 Å². The molecule has 2 heterocycles. The molecular weight excluding hydrogens is 391 g/mol. The third kappa shape index (κ3) is 6.79. The molecule has 2 N–H and O–H groups in total. The lowest BCUT2D eigenvalue weighted by atomic mass is 10.2. The predicted octanol–water partition coefficient (Wildman–Crippen LogP) is 2.44. The van der Waals surface area contributed by atoms with Crippen LogP contribution in [0.3, 0.4) is 0 Å². The van der Waals surface area contributed by atoms with Crippen LogP contribution in [0.4, 0.5) is 13.2 Å². The molecule has 1 aromatic carbocycles. The molecule has 0 bridgehead atoms. The fourth-order valence-electron chi connectivity index (χ4n) is 2.17. The Kier molecular flexibility index (Phi) is 7.12. The highest BCUT2D eigenvalue weighted by atomic mass is 19.4. The summed E-state index contributed by atoms with van der Waals surface area (Å²) in [5.74, 6) is -2.84. The van der Waals surface area contributed by atoms with Gasteiger partial charge in [0.15, 0.2) is 0 Å². The average molecular weight is 409 g/mol. The van der Waals surface area contributed by atoms with Crippen molar-refractivity contribution in [1.82, 2.24) is 24.6 Å². The number of nitrogens with one attached hydrogen (secondary N) is 1. The lowest BCUT2D eigenvalue weighted by Crippen LogP contribution is -2.27. The van der Waals surface area contributed by atoms with Crippen molar-refractivity contribution < 1.29 is 27.9 Å². The van der Waals surface area contributed by atoms with Crippen LogP contribution in [-0.2, 0) is 11.3 Å². The fraction of sp³-hybridized carbons (Fsp3) is 0.222. The maximum Gasteiger partial charge on any atom is 0.490 e. The minimum Gasteiger partial charge on any atom is -0.475 e. The molecule has 0 spiro atoms. The highest BCUT2D eigenvalue weighted by molar-refractivity contribution is 5.94. The number of amides is 1. The minimum atomic E-state index is -5.08. The summed E-state index contributed by atoms with van der Waals surface area (Å²) in [6, 6.07) is 9.35. The van der Waals surface area contributed by atoms with Gasteiger partial charge in [-0.1, -0.05) is 0 Å². The van der Waals surface area contributed by atoms with Crippen molar-refractivity contribution in [1.29, 1.82) is 0 Å². The summed E-state index contributed by atoms with van der Waals surface area (Å²) in [6.45, 7) is 3.15. The number of rotatable bonds is 5. The zero-order valence-corrected chi connectivity index (χ0v) is 15.3. The van der Waals surface area contributed by atoms with Crippen molar-refractivity contribution in [3.63, 3.8) is 0 Å². The smallest absolute Gasteiger partial charge is 0.475 e. The zero-order chi connectivity index (χ0) is 21.4. The quantitative estimate of drug-likeness (QED) is 0.674. The Bertz CT molecular complexity index is 935. The summed E-state index contributed by atoms with van der Waals surface area (Å²) in [6.07, 6.45) is 2.13. The number of halogens is 3. The number of nitrogens with zero attached hydrogens (tertiary/aromatic N) is 4. The van der Waals surface area contributed by atoms with Crippen LogP contribution in [0.5, 0.6) is 0 Å². The molecule has 29 heavy (non-hydrogen) atoms. The van der Waals surface area contributed by atoms with Crippen LogP contribution < -0.4 is 5.32 Å². The number of benzene rings is 1. The Morgan fingerprint density at radius 2 is 1.79 bits per heavy atom. The highest BCUT2D eigenvalue weighted by Crippen LogP contribution is 2.13. The number of hydrogen-bond acceptors (Lipinski definition) is 4. The molecule has 2 aromatic heterocycles. The number of aryl methyl sites for hydroxylation is 1. The van der Waals surface area contributed by atoms with E-state index >= 15 is 0 Å². The summed E-state index contributed by atoms with van der Waals surface area (Å²) < 4.78 is 35.4. The summed E-state index contributed by atoms with van der Waals surface area (Å²) in [7, 11) is 0. The summed E-state index contributed by atoms with van der Waals surface area (Å²) >= 11 is 0. The molecule has 0 aliphatic carbocycles. The Hall–Kier alpha value is -3.63. The van der Waals surface area contributed by atoms with Crippen LogP contribution in [0.2, 0.25) is 0 Å². The lowest BCUT2D eigenvalue weighted by Gasteiger charge is -2.07. The number of aliphatic carboxylic acids is 1. The van der Waals surface area contributed by atoms with Crippen LogP contribution in [0.15, 0.2) is 55.2 Å². The van der Waals surface area contributed by atoms with Crippen molar-refractivity contribution in [2.24, 2.45) is 0 Å². The Morgan fingerprint density at radius 3 is 2.28 bits per heavy atom. The van der Waals surface area contributed by atoms with E-state index in [2.05, 4.69) is 15.4 Å². The topological polar surface area (TPSA) is 102 Å². The number of carboxylic acid groups (broad SMARTS) is 1. The molecule has 0 unspecified atom stereocenters. The van der Waals surface area contributed by atoms with Crippen molar-refractivity contribution in [2.75, 3.05) is 6.54 Å². The SMILES string of the molecule is Cc1ccn(CCNC(=O)c2ccc(-n3ccnc3)cc2)n1.O=C(O)C(F)(F)F. The second-order valence-corrected chi connectivity index (χ2v) is 5.80. The third-order valence-electron chi connectivity index (χ3n) is 3.57. The second kappa shape index (κ2) is 9.53. The highest BCUT2D eigenvalue weighted by Gasteiger charge is 2.38. The van der Waals surface area contributed by atoms with Gasteiger partial charge in [0.25, 0.3) is 5.91 Å². The molecule has 0 atom stereocenters. The molecule has 0 saturated carbocycles. The minimum absolute atomic E-state index is 0.0824. The van der Waals surface area contributed by atoms with Crippen LogP contribution in [0.25, 0.3) is 5.69 Å². The molecule has 0 saturated heterocycles. The largest absolute Gasteiger partial charge is 0.490 e. The zero-order valence-electron chi connectivity index (χ0n) is 15.3. The number of alkyl halides is 3. The Balaban J connectivity index is 0.000000370. The average Bonchev–Trinajstić information content (AvgIpc) is 3.33. The van der Waals surface area contributed by atoms with E-state index in [-0.39, 0.29) is 5.91 Å². The van der Waals surface area contributed by atoms with E-state index in [9.17, 15) is 18.0 Å². The molecule has 11 heteroatoms. The number of aromatic nitrogens is 4. The fourth-order valence-corrected chi connectivity index (χ4v) is 2.17. The molecule has 154 valence electrons. The van der Waals surface area contributed by atoms with Gasteiger partial charge in [0.1, 0.15) is 0 Å². The van der Waals surface area contributed by atoms with Crippen molar-refractivity contribution >= 4 is 11.9 Å². The van der Waals surface area contributed by atoms with Gasteiger partial charge in [-0.2, -0.15) is 18.3 Å². The van der Waals surface area contributed by atoms with Crippen LogP contribution in [0, 0.1) is 6.92 Å². The monoisotopic (exact) mass is 409 g/mol. The third-order valence-corrected chi connectivity index (χ3v) is 3.57. The van der Waals surface area contributed by atoms with Gasteiger partial charge in [-0.25, -0.2) is 9.78 Å². The summed E-state index contributed by atoms with van der Waals surface area (Å²) in [5.41, 5.74) is 2.59. The predicted molar refractivity (Wildman–Crippen MR) is 96.6 cm³/mol. The second-order valence-electron chi connectivity index (χ2n) is 5.80. The van der Waals surface area contributed by atoms with Crippen LogP contribution in [0.1, 0.15) is 16.1 Å². The maximum absolute atomic E-state index is 12.1. The first-order chi connectivity index (χ1) is 13.7. The molecule has 1 amide bonds. The van der Waals surface area contributed by atoms with E-state index in [1.165, 1.54) is 0 Å². The molecule has 3 aromatic rings. The van der Waals surface area contributed by atoms with Crippen LogP contribution >= 0.6 is 0 Å². The number of carbonyl (C=O) groups excluding carboxylic acids is 1. The van der Waals surface area contributed by atoms with E-state index in [0.29, 0.717) is 18.7 Å². The number of hydrogen-bond donors (Lipinski definition) is 2. The molecule has 8 nitrogen and oxygen atoms in total. The summed E-state index contributed by atoms with van der Waals surface area (Å²) in [4.78, 5) is 25.0. The number of carboxylic acids is 1. The first-order valence-electron chi connectivity index (χ1n) is 8.33. The van der Waals surface area contributed by atoms with Crippen molar-refractivity contribution in [3.8, 4) is 5.69 Å². The van der Waals surface area contributed by atoms with E-state index in [1.54, 1.807) is 12.5 Å². The van der Waals surface area contributed by atoms with Gasteiger partial charge in [-0.3, -0.25) is 9.48 Å². The molecule has 0 aliphatic rings. The number of imidazole rings is 1. The van der Waals surface area contributed by atoms with E-state index in [0.717, 1.165) is 11.4 Å². The molecular formula is C18H18F3N5O3. The van der Waals surface area contributed by atoms with E-state index < -0.39 is 12.1 Å². The first kappa shape index (κ1) is 21.7. The van der Waals surface area contributed by atoms with Crippen molar-refractivity contribution in [2.45, 2.75) is 19.6 Å². The van der Waals surface area contributed by atoms with Gasteiger partial charge in [0, 0.05) is 36.4 Å². The molecule has 3 rings (SSSR count). The molecule has 0 aliphatic heterocycles. The lowest BCUT2D eigenvalue weighted by molar-refractivity contribution is -0.192. The van der Waals surface area contributed by atoms with Gasteiger partial charge in [-0.05, 0) is 37.3 Å². The van der Waals surface area contributed by atoms with Crippen molar-refractivity contribution in [3.05, 3.63) is 66.5 Å². The molecule has 0 radical (unpaired) electrons.